The Hall–Kier alpha value is -4.50. The van der Waals surface area contributed by atoms with E-state index in [2.05, 4.69) is 15.3 Å². The van der Waals surface area contributed by atoms with Crippen LogP contribution in [0, 0.1) is 0 Å². The van der Waals surface area contributed by atoms with Crippen molar-refractivity contribution in [1.82, 2.24) is 29.8 Å². The molecule has 14 nitrogen and oxygen atoms in total. The summed E-state index contributed by atoms with van der Waals surface area (Å²) >= 11 is 0. The van der Waals surface area contributed by atoms with Crippen molar-refractivity contribution in [3.05, 3.63) is 71.2 Å². The highest BCUT2D eigenvalue weighted by molar-refractivity contribution is 6.05. The van der Waals surface area contributed by atoms with E-state index in [9.17, 15) is 9.59 Å². The van der Waals surface area contributed by atoms with Crippen LogP contribution in [-0.2, 0) is 38.5 Å². The number of amides is 3. The summed E-state index contributed by atoms with van der Waals surface area (Å²) in [6.07, 6.45) is 2.13. The van der Waals surface area contributed by atoms with Crippen LogP contribution in [0.3, 0.4) is 0 Å². The van der Waals surface area contributed by atoms with Gasteiger partial charge in [-0.1, -0.05) is 29.5 Å². The minimum absolute atomic E-state index is 0.00815. The number of carbonyl (C=O) groups is 2. The van der Waals surface area contributed by atoms with Crippen molar-refractivity contribution in [3.8, 4) is 11.5 Å². The van der Waals surface area contributed by atoms with Crippen molar-refractivity contribution in [3.63, 3.8) is 0 Å². The number of aliphatic hydroxyl groups is 1. The van der Waals surface area contributed by atoms with Gasteiger partial charge in [-0.3, -0.25) is 14.6 Å². The van der Waals surface area contributed by atoms with Gasteiger partial charge in [0.25, 0.3) is 5.91 Å². The van der Waals surface area contributed by atoms with Gasteiger partial charge in [0.15, 0.2) is 11.5 Å². The maximum atomic E-state index is 14.0. The van der Waals surface area contributed by atoms with Crippen molar-refractivity contribution in [2.24, 2.45) is 0 Å². The Labute approximate surface area is 258 Å². The Morgan fingerprint density at radius 2 is 1.73 bits per heavy atom. The topological polar surface area (TPSA) is 154 Å². The Bertz CT molecular complexity index is 1690. The van der Waals surface area contributed by atoms with Crippen LogP contribution in [0.2, 0.25) is 0 Å². The summed E-state index contributed by atoms with van der Waals surface area (Å²) in [5.41, 5.74) is 4.21. The van der Waals surface area contributed by atoms with Gasteiger partial charge in [-0.2, -0.15) is 0 Å². The minimum atomic E-state index is -0.661. The van der Waals surface area contributed by atoms with Crippen LogP contribution in [0.5, 0.6) is 11.5 Å². The summed E-state index contributed by atoms with van der Waals surface area (Å²) in [6, 6.07) is 12.1. The zero-order valence-corrected chi connectivity index (χ0v) is 24.6. The first-order valence-electron chi connectivity index (χ1n) is 15.0. The molecule has 2 atom stereocenters. The van der Waals surface area contributed by atoms with Gasteiger partial charge in [-0.25, -0.2) is 9.48 Å². The van der Waals surface area contributed by atoms with Crippen molar-refractivity contribution >= 4 is 22.8 Å². The molecule has 1 fully saturated rings. The minimum Gasteiger partial charge on any atom is -0.454 e. The van der Waals surface area contributed by atoms with Crippen LogP contribution in [0.25, 0.3) is 10.9 Å². The SMILES string of the molecule is O=C1[C@@H]2Cc3c([nH]c4ccccc34)[C@@H](c3ccc4c(c3)OCO4)N2C(=O)N1Cc1cn(CCOCCOCCOCCO)nn1. The van der Waals surface area contributed by atoms with Crippen LogP contribution in [0.15, 0.2) is 48.7 Å². The molecule has 0 saturated carbocycles. The summed E-state index contributed by atoms with van der Waals surface area (Å²) in [6.45, 7) is 2.99. The number of aliphatic hydroxyl groups excluding tert-OH is 1. The summed E-state index contributed by atoms with van der Waals surface area (Å²) in [4.78, 5) is 34.4. The van der Waals surface area contributed by atoms with E-state index in [1.165, 1.54) is 4.90 Å². The van der Waals surface area contributed by atoms with E-state index in [4.69, 9.17) is 28.8 Å². The van der Waals surface area contributed by atoms with Gasteiger partial charge in [0.1, 0.15) is 17.8 Å². The second kappa shape index (κ2) is 12.9. The molecule has 0 bridgehead atoms. The monoisotopic (exact) mass is 618 g/mol. The Morgan fingerprint density at radius 3 is 2.58 bits per heavy atom. The molecule has 5 heterocycles. The van der Waals surface area contributed by atoms with Crippen LogP contribution < -0.4 is 9.47 Å². The number of hydrogen-bond acceptors (Lipinski definition) is 10. The van der Waals surface area contributed by atoms with Crippen molar-refractivity contribution < 1.29 is 38.4 Å². The molecule has 4 aromatic rings. The smallest absolute Gasteiger partial charge is 0.328 e. The predicted octanol–water partition coefficient (Wildman–Crippen LogP) is 2.01. The number of nitrogens with one attached hydrogen (secondary N) is 1. The second-order valence-corrected chi connectivity index (χ2v) is 10.9. The Morgan fingerprint density at radius 1 is 0.956 bits per heavy atom. The van der Waals surface area contributed by atoms with E-state index in [1.54, 1.807) is 15.8 Å². The van der Waals surface area contributed by atoms with Gasteiger partial charge >= 0.3 is 6.03 Å². The molecule has 14 heteroatoms. The molecule has 2 aromatic heterocycles. The fourth-order valence-corrected chi connectivity index (χ4v) is 6.15. The van der Waals surface area contributed by atoms with Crippen LogP contribution in [0.1, 0.15) is 28.6 Å². The number of carbonyl (C=O) groups excluding carboxylic acids is 2. The second-order valence-electron chi connectivity index (χ2n) is 10.9. The van der Waals surface area contributed by atoms with Gasteiger partial charge in [0, 0.05) is 23.0 Å². The molecule has 0 unspecified atom stereocenters. The van der Waals surface area contributed by atoms with Crippen molar-refractivity contribution in [1.29, 1.82) is 0 Å². The number of hydrogen-bond donors (Lipinski definition) is 2. The molecule has 3 aliphatic heterocycles. The molecule has 0 aliphatic carbocycles. The number of H-pyrrole nitrogens is 1. The number of urea groups is 1. The highest BCUT2D eigenvalue weighted by Crippen LogP contribution is 2.46. The van der Waals surface area contributed by atoms with E-state index in [-0.39, 0.29) is 31.9 Å². The molecule has 236 valence electrons. The first kappa shape index (κ1) is 29.2. The molecule has 7 rings (SSSR count). The number of rotatable bonds is 14. The van der Waals surface area contributed by atoms with Gasteiger partial charge in [0.2, 0.25) is 6.79 Å². The Kier molecular flexibility index (Phi) is 8.35. The first-order chi connectivity index (χ1) is 22.1. The lowest BCUT2D eigenvalue weighted by Crippen LogP contribution is -2.44. The number of imide groups is 1. The normalized spacial score (nSPS) is 18.7. The summed E-state index contributed by atoms with van der Waals surface area (Å²) < 4.78 is 28.9. The zero-order chi connectivity index (χ0) is 30.8. The van der Waals surface area contributed by atoms with Gasteiger partial charge in [-0.15, -0.1) is 5.10 Å². The van der Waals surface area contributed by atoms with E-state index in [1.807, 2.05) is 42.5 Å². The summed E-state index contributed by atoms with van der Waals surface area (Å²) in [5.74, 6) is 0.996. The van der Waals surface area contributed by atoms with Crippen LogP contribution in [0.4, 0.5) is 4.79 Å². The quantitative estimate of drug-likeness (QED) is 0.159. The third kappa shape index (κ3) is 5.73. The maximum Gasteiger partial charge on any atom is 0.328 e. The number of fused-ring (bicyclic) bond motifs is 5. The van der Waals surface area contributed by atoms with Gasteiger partial charge in [0.05, 0.1) is 65.5 Å². The third-order valence-corrected chi connectivity index (χ3v) is 8.20. The molecular formula is C31H34N6O8. The van der Waals surface area contributed by atoms with Gasteiger partial charge < -0.3 is 33.8 Å². The van der Waals surface area contributed by atoms with Crippen LogP contribution >= 0.6 is 0 Å². The molecule has 2 N–H and O–H groups in total. The average Bonchev–Trinajstić information content (AvgIpc) is 3.84. The molecule has 3 amide bonds. The fraction of sp³-hybridized carbons (Fsp3) is 0.419. The highest BCUT2D eigenvalue weighted by Gasteiger charge is 2.52. The molecule has 0 radical (unpaired) electrons. The third-order valence-electron chi connectivity index (χ3n) is 8.20. The number of aromatic amines is 1. The largest absolute Gasteiger partial charge is 0.454 e. The summed E-state index contributed by atoms with van der Waals surface area (Å²) in [5, 5.41) is 18.1. The lowest BCUT2D eigenvalue weighted by atomic mass is 9.88. The number of para-hydroxylation sites is 1. The van der Waals surface area contributed by atoms with Gasteiger partial charge in [-0.05, 0) is 29.3 Å². The van der Waals surface area contributed by atoms with Crippen molar-refractivity contribution in [2.75, 3.05) is 53.0 Å². The van der Waals surface area contributed by atoms with E-state index >= 15 is 0 Å². The van der Waals surface area contributed by atoms with Crippen LogP contribution in [-0.4, -0.2) is 106 Å². The predicted molar refractivity (Wildman–Crippen MR) is 158 cm³/mol. The average molecular weight is 619 g/mol. The standard InChI is InChI=1S/C31H34N6O8/c38-8-10-42-12-14-43-13-11-41-9-7-35-17-21(33-34-35)18-36-30(39)25-16-23-22-3-1-2-4-24(22)32-28(23)29(37(25)31(36)40)20-5-6-26-27(15-20)45-19-44-26/h1-6,15,17,25,29,32,38H,7-14,16,18-19H2/t25-,29+/m0/s1. The number of benzene rings is 2. The molecule has 1 saturated heterocycles. The Balaban J connectivity index is 1.03. The van der Waals surface area contributed by atoms with E-state index < -0.39 is 12.1 Å². The van der Waals surface area contributed by atoms with Crippen molar-refractivity contribution in [2.45, 2.75) is 31.6 Å². The molecule has 45 heavy (non-hydrogen) atoms. The number of ether oxygens (including phenoxy) is 5. The lowest BCUT2D eigenvalue weighted by Gasteiger charge is -2.36. The number of nitrogens with zero attached hydrogens (tertiary/aromatic N) is 5. The van der Waals surface area contributed by atoms with E-state index in [0.29, 0.717) is 69.8 Å². The molecule has 0 spiro atoms. The molecular weight excluding hydrogens is 584 g/mol. The fourth-order valence-electron chi connectivity index (χ4n) is 6.15. The first-order valence-corrected chi connectivity index (χ1v) is 15.0. The summed E-state index contributed by atoms with van der Waals surface area (Å²) in [7, 11) is 0. The highest BCUT2D eigenvalue weighted by atomic mass is 16.7. The lowest BCUT2D eigenvalue weighted by molar-refractivity contribution is -0.129. The van der Waals surface area contributed by atoms with E-state index in [0.717, 1.165) is 27.7 Å². The molecule has 3 aliphatic rings. The zero-order valence-electron chi connectivity index (χ0n) is 24.6. The maximum absolute atomic E-state index is 14.0. The number of aromatic nitrogens is 4. The molecule has 2 aromatic carbocycles.